The van der Waals surface area contributed by atoms with Gasteiger partial charge in [-0.2, -0.15) is 0 Å². The van der Waals surface area contributed by atoms with Crippen molar-refractivity contribution in [3.8, 4) is 0 Å². The third-order valence-corrected chi connectivity index (χ3v) is 3.35. The fourth-order valence-electron chi connectivity index (χ4n) is 2.18. The van der Waals surface area contributed by atoms with Gasteiger partial charge >= 0.3 is 0 Å². The second kappa shape index (κ2) is 7.50. The van der Waals surface area contributed by atoms with Gasteiger partial charge in [0.05, 0.1) is 12.3 Å². The lowest BCUT2D eigenvalue weighted by Gasteiger charge is -2.20. The SMILES string of the molecule is CCCCC(CC)CC(NC)c1ccco1. The van der Waals surface area contributed by atoms with Gasteiger partial charge in [-0.05, 0) is 31.5 Å². The molecule has 0 aliphatic carbocycles. The molecule has 2 nitrogen and oxygen atoms in total. The summed E-state index contributed by atoms with van der Waals surface area (Å²) in [5, 5.41) is 3.35. The quantitative estimate of drug-likeness (QED) is 0.716. The van der Waals surface area contributed by atoms with E-state index in [-0.39, 0.29) is 0 Å². The molecule has 0 fully saturated rings. The molecule has 0 aromatic carbocycles. The summed E-state index contributed by atoms with van der Waals surface area (Å²) in [4.78, 5) is 0. The molecule has 2 heteroatoms. The van der Waals surface area contributed by atoms with Gasteiger partial charge < -0.3 is 9.73 Å². The van der Waals surface area contributed by atoms with Gasteiger partial charge in [0.15, 0.2) is 0 Å². The third kappa shape index (κ3) is 4.01. The first-order valence-electron chi connectivity index (χ1n) is 6.52. The fourth-order valence-corrected chi connectivity index (χ4v) is 2.18. The summed E-state index contributed by atoms with van der Waals surface area (Å²) >= 11 is 0. The molecule has 1 aromatic rings. The van der Waals surface area contributed by atoms with E-state index < -0.39 is 0 Å². The van der Waals surface area contributed by atoms with Crippen molar-refractivity contribution in [1.82, 2.24) is 5.32 Å². The predicted octanol–water partition coefficient (Wildman–Crippen LogP) is 4.15. The lowest BCUT2D eigenvalue weighted by atomic mass is 9.91. The van der Waals surface area contributed by atoms with Crippen LogP contribution in [0.5, 0.6) is 0 Å². The molecule has 0 saturated heterocycles. The molecule has 92 valence electrons. The van der Waals surface area contributed by atoms with Crippen molar-refractivity contribution < 1.29 is 4.42 Å². The van der Waals surface area contributed by atoms with E-state index in [0.717, 1.165) is 11.7 Å². The Labute approximate surface area is 99.4 Å². The van der Waals surface area contributed by atoms with Crippen LogP contribution in [0.15, 0.2) is 22.8 Å². The number of hydrogen-bond acceptors (Lipinski definition) is 2. The van der Waals surface area contributed by atoms with E-state index in [1.807, 2.05) is 13.1 Å². The Morgan fingerprint density at radius 3 is 2.69 bits per heavy atom. The first-order valence-corrected chi connectivity index (χ1v) is 6.52. The van der Waals surface area contributed by atoms with Crippen molar-refractivity contribution in [1.29, 1.82) is 0 Å². The van der Waals surface area contributed by atoms with E-state index in [1.165, 1.54) is 32.1 Å². The van der Waals surface area contributed by atoms with Crippen LogP contribution in [0.1, 0.15) is 57.8 Å². The molecule has 0 spiro atoms. The van der Waals surface area contributed by atoms with E-state index in [1.54, 1.807) is 6.26 Å². The summed E-state index contributed by atoms with van der Waals surface area (Å²) < 4.78 is 5.47. The minimum Gasteiger partial charge on any atom is -0.468 e. The van der Waals surface area contributed by atoms with Gasteiger partial charge in [-0.1, -0.05) is 39.5 Å². The fraction of sp³-hybridized carbons (Fsp3) is 0.714. The van der Waals surface area contributed by atoms with Crippen molar-refractivity contribution in [2.24, 2.45) is 5.92 Å². The minimum atomic E-state index is 0.372. The van der Waals surface area contributed by atoms with E-state index >= 15 is 0 Å². The average Bonchev–Trinajstić information content (AvgIpc) is 2.83. The monoisotopic (exact) mass is 223 g/mol. The Kier molecular flexibility index (Phi) is 6.24. The molecule has 1 N–H and O–H groups in total. The van der Waals surface area contributed by atoms with Crippen LogP contribution in [0.25, 0.3) is 0 Å². The smallest absolute Gasteiger partial charge is 0.120 e. The molecule has 0 saturated carbocycles. The lowest BCUT2D eigenvalue weighted by molar-refractivity contribution is 0.329. The molecule has 1 heterocycles. The summed E-state index contributed by atoms with van der Waals surface area (Å²) in [6.07, 6.45) is 8.17. The minimum absolute atomic E-state index is 0.372. The molecule has 0 radical (unpaired) electrons. The van der Waals surface area contributed by atoms with Crippen LogP contribution < -0.4 is 5.32 Å². The number of rotatable bonds is 8. The second-order valence-electron chi connectivity index (χ2n) is 4.51. The maximum absolute atomic E-state index is 5.47. The zero-order valence-electron chi connectivity index (χ0n) is 10.8. The molecule has 16 heavy (non-hydrogen) atoms. The second-order valence-corrected chi connectivity index (χ2v) is 4.51. The van der Waals surface area contributed by atoms with Crippen LogP contribution in [-0.2, 0) is 0 Å². The van der Waals surface area contributed by atoms with E-state index in [4.69, 9.17) is 4.42 Å². The van der Waals surface area contributed by atoms with E-state index in [9.17, 15) is 0 Å². The molecule has 0 bridgehead atoms. The molecule has 1 aromatic heterocycles. The third-order valence-electron chi connectivity index (χ3n) is 3.35. The maximum Gasteiger partial charge on any atom is 0.120 e. The molecule has 0 aliphatic heterocycles. The number of furan rings is 1. The molecular formula is C14H25NO. The average molecular weight is 223 g/mol. The van der Waals surface area contributed by atoms with Crippen molar-refractivity contribution in [2.45, 2.75) is 52.0 Å². The largest absolute Gasteiger partial charge is 0.468 e. The Hall–Kier alpha value is -0.760. The summed E-state index contributed by atoms with van der Waals surface area (Å²) in [7, 11) is 2.01. The maximum atomic E-state index is 5.47. The van der Waals surface area contributed by atoms with Crippen molar-refractivity contribution in [2.75, 3.05) is 7.05 Å². The predicted molar refractivity (Wildman–Crippen MR) is 68.4 cm³/mol. The number of unbranched alkanes of at least 4 members (excludes halogenated alkanes) is 1. The zero-order chi connectivity index (χ0) is 11.8. The first kappa shape index (κ1) is 13.3. The Morgan fingerprint density at radius 2 is 2.19 bits per heavy atom. The molecule has 2 atom stereocenters. The summed E-state index contributed by atoms with van der Waals surface area (Å²) in [5.74, 6) is 1.87. The number of hydrogen-bond donors (Lipinski definition) is 1. The van der Waals surface area contributed by atoms with Crippen LogP contribution in [0, 0.1) is 5.92 Å². The normalized spacial score (nSPS) is 14.9. The highest BCUT2D eigenvalue weighted by Crippen LogP contribution is 2.26. The van der Waals surface area contributed by atoms with Crippen LogP contribution >= 0.6 is 0 Å². The van der Waals surface area contributed by atoms with Gasteiger partial charge in [-0.15, -0.1) is 0 Å². The van der Waals surface area contributed by atoms with Gasteiger partial charge in [-0.3, -0.25) is 0 Å². The zero-order valence-corrected chi connectivity index (χ0v) is 10.8. The molecule has 1 rings (SSSR count). The highest BCUT2D eigenvalue weighted by atomic mass is 16.3. The molecular weight excluding hydrogens is 198 g/mol. The summed E-state index contributed by atoms with van der Waals surface area (Å²) in [6, 6.07) is 4.40. The van der Waals surface area contributed by atoms with Gasteiger partial charge in [0.1, 0.15) is 5.76 Å². The van der Waals surface area contributed by atoms with Crippen LogP contribution in [-0.4, -0.2) is 7.05 Å². The molecule has 0 amide bonds. The van der Waals surface area contributed by atoms with Gasteiger partial charge in [0.2, 0.25) is 0 Å². The van der Waals surface area contributed by atoms with E-state index in [0.29, 0.717) is 6.04 Å². The summed E-state index contributed by atoms with van der Waals surface area (Å²) in [5.41, 5.74) is 0. The van der Waals surface area contributed by atoms with Crippen LogP contribution in [0.4, 0.5) is 0 Å². The summed E-state index contributed by atoms with van der Waals surface area (Å²) in [6.45, 7) is 4.55. The van der Waals surface area contributed by atoms with Crippen molar-refractivity contribution in [3.63, 3.8) is 0 Å². The highest BCUT2D eigenvalue weighted by molar-refractivity contribution is 5.04. The highest BCUT2D eigenvalue weighted by Gasteiger charge is 2.17. The Morgan fingerprint density at radius 1 is 1.38 bits per heavy atom. The van der Waals surface area contributed by atoms with Crippen LogP contribution in [0.3, 0.4) is 0 Å². The van der Waals surface area contributed by atoms with Gasteiger partial charge in [-0.25, -0.2) is 0 Å². The van der Waals surface area contributed by atoms with Crippen molar-refractivity contribution in [3.05, 3.63) is 24.2 Å². The number of nitrogens with one attached hydrogen (secondary N) is 1. The topological polar surface area (TPSA) is 25.2 Å². The van der Waals surface area contributed by atoms with Crippen molar-refractivity contribution >= 4 is 0 Å². The molecule has 2 unspecified atom stereocenters. The van der Waals surface area contributed by atoms with Gasteiger partial charge in [0, 0.05) is 0 Å². The van der Waals surface area contributed by atoms with Gasteiger partial charge in [0.25, 0.3) is 0 Å². The Balaban J connectivity index is 2.47. The first-order chi connectivity index (χ1) is 7.81. The standard InChI is InChI=1S/C14H25NO/c1-4-6-8-12(5-2)11-13(15-3)14-9-7-10-16-14/h7,9-10,12-13,15H,4-6,8,11H2,1-3H3. The Bertz CT molecular complexity index is 256. The van der Waals surface area contributed by atoms with Crippen LogP contribution in [0.2, 0.25) is 0 Å². The molecule has 0 aliphatic rings. The van der Waals surface area contributed by atoms with E-state index in [2.05, 4.69) is 25.2 Å². The lowest BCUT2D eigenvalue weighted by Crippen LogP contribution is -2.19.